The third kappa shape index (κ3) is 1.11. The fourth-order valence-electron chi connectivity index (χ4n) is 1.21. The number of carboxylic acids is 1. The minimum atomic E-state index is -0.859. The third-order valence-electron chi connectivity index (χ3n) is 1.82. The van der Waals surface area contributed by atoms with Crippen LogP contribution in [0.2, 0.25) is 0 Å². The number of carboxylic acid groups (broad SMARTS) is 1. The molecule has 0 saturated heterocycles. The van der Waals surface area contributed by atoms with Crippen LogP contribution >= 0.6 is 11.3 Å². The number of thiazole rings is 1. The van der Waals surface area contributed by atoms with Crippen LogP contribution in [0.3, 0.4) is 0 Å². The van der Waals surface area contributed by atoms with Crippen molar-refractivity contribution in [3.05, 3.63) is 16.1 Å². The lowest BCUT2D eigenvalue weighted by Crippen LogP contribution is -2.23. The molecule has 1 unspecified atom stereocenters. The normalized spacial score (nSPS) is 21.8. The van der Waals surface area contributed by atoms with Gasteiger partial charge in [-0.05, 0) is 0 Å². The summed E-state index contributed by atoms with van der Waals surface area (Å²) < 4.78 is 5.12. The summed E-state index contributed by atoms with van der Waals surface area (Å²) in [6.45, 7) is 0.746. The molecule has 1 aliphatic rings. The van der Waals surface area contributed by atoms with E-state index in [0.29, 0.717) is 12.3 Å². The molecular formula is C7H7NO3S. The standard InChI is InChI=1S/C7H7NO3S/c9-7(10)4-1-11-2-5-6(4)8-3-12-5/h3-4H,1-2H2,(H,9,10). The number of carbonyl (C=O) groups is 1. The van der Waals surface area contributed by atoms with Crippen LogP contribution in [0.5, 0.6) is 0 Å². The topological polar surface area (TPSA) is 59.4 Å². The van der Waals surface area contributed by atoms with Crippen molar-refractivity contribution in [2.24, 2.45) is 0 Å². The zero-order valence-electron chi connectivity index (χ0n) is 6.19. The Kier molecular flexibility index (Phi) is 1.82. The van der Waals surface area contributed by atoms with Gasteiger partial charge in [-0.3, -0.25) is 4.79 Å². The highest BCUT2D eigenvalue weighted by Gasteiger charge is 2.29. The molecule has 0 radical (unpaired) electrons. The molecule has 0 amide bonds. The second-order valence-corrected chi connectivity index (χ2v) is 3.51. The quantitative estimate of drug-likeness (QED) is 0.704. The Morgan fingerprint density at radius 1 is 1.83 bits per heavy atom. The number of hydrogen-bond donors (Lipinski definition) is 1. The smallest absolute Gasteiger partial charge is 0.315 e. The average molecular weight is 185 g/mol. The van der Waals surface area contributed by atoms with Gasteiger partial charge in [0.15, 0.2) is 0 Å². The molecule has 0 fully saturated rings. The monoisotopic (exact) mass is 185 g/mol. The molecule has 0 bridgehead atoms. The van der Waals surface area contributed by atoms with E-state index in [4.69, 9.17) is 9.84 Å². The zero-order chi connectivity index (χ0) is 8.55. The van der Waals surface area contributed by atoms with Crippen LogP contribution in [0.4, 0.5) is 0 Å². The minimum absolute atomic E-state index is 0.242. The zero-order valence-corrected chi connectivity index (χ0v) is 7.00. The van der Waals surface area contributed by atoms with Crippen LogP contribution in [-0.4, -0.2) is 22.7 Å². The number of rotatable bonds is 1. The highest BCUT2D eigenvalue weighted by molar-refractivity contribution is 7.09. The highest BCUT2D eigenvalue weighted by Crippen LogP contribution is 2.28. The lowest BCUT2D eigenvalue weighted by molar-refractivity contribution is -0.141. The van der Waals surface area contributed by atoms with Crippen LogP contribution in [0, 0.1) is 0 Å². The number of aromatic nitrogens is 1. The maximum absolute atomic E-state index is 10.7. The molecule has 4 nitrogen and oxygen atoms in total. The van der Waals surface area contributed by atoms with Crippen LogP contribution in [0.15, 0.2) is 5.51 Å². The van der Waals surface area contributed by atoms with Gasteiger partial charge in [0.1, 0.15) is 5.92 Å². The third-order valence-corrected chi connectivity index (χ3v) is 2.64. The Hall–Kier alpha value is -0.940. The summed E-state index contributed by atoms with van der Waals surface area (Å²) in [5, 5.41) is 8.79. The molecule has 1 aromatic rings. The predicted octanol–water partition coefficient (Wildman–Crippen LogP) is 0.841. The predicted molar refractivity (Wildman–Crippen MR) is 42.1 cm³/mol. The second-order valence-electron chi connectivity index (χ2n) is 2.57. The number of fused-ring (bicyclic) bond motifs is 1. The van der Waals surface area contributed by atoms with E-state index in [9.17, 15) is 4.79 Å². The summed E-state index contributed by atoms with van der Waals surface area (Å²) in [6, 6.07) is 0. The molecule has 1 aromatic heterocycles. The number of hydrogen-bond acceptors (Lipinski definition) is 4. The first-order chi connectivity index (χ1) is 5.79. The Morgan fingerprint density at radius 3 is 3.42 bits per heavy atom. The van der Waals surface area contributed by atoms with Gasteiger partial charge >= 0.3 is 5.97 Å². The van der Waals surface area contributed by atoms with Crippen molar-refractivity contribution in [1.82, 2.24) is 4.98 Å². The van der Waals surface area contributed by atoms with Crippen molar-refractivity contribution >= 4 is 17.3 Å². The molecule has 1 N–H and O–H groups in total. The Morgan fingerprint density at radius 2 is 2.67 bits per heavy atom. The Bertz CT molecular complexity index is 309. The summed E-state index contributed by atoms with van der Waals surface area (Å²) in [4.78, 5) is 15.7. The van der Waals surface area contributed by atoms with Crippen LogP contribution in [-0.2, 0) is 16.1 Å². The first kappa shape index (κ1) is 7.70. The molecule has 0 aromatic carbocycles. The summed E-state index contributed by atoms with van der Waals surface area (Å²) >= 11 is 1.45. The molecule has 5 heteroatoms. The summed E-state index contributed by atoms with van der Waals surface area (Å²) in [7, 11) is 0. The molecule has 2 rings (SSSR count). The lowest BCUT2D eigenvalue weighted by atomic mass is 10.0. The van der Waals surface area contributed by atoms with Crippen LogP contribution in [0.25, 0.3) is 0 Å². The first-order valence-corrected chi connectivity index (χ1v) is 4.40. The SMILES string of the molecule is O=C(O)C1COCc2scnc21. The Balaban J connectivity index is 2.37. The van der Waals surface area contributed by atoms with Gasteiger partial charge < -0.3 is 9.84 Å². The van der Waals surface area contributed by atoms with Crippen LogP contribution < -0.4 is 0 Å². The first-order valence-electron chi connectivity index (χ1n) is 3.52. The molecule has 0 aliphatic carbocycles. The Labute approximate surface area is 72.8 Å². The van der Waals surface area contributed by atoms with Crippen LogP contribution in [0.1, 0.15) is 16.5 Å². The molecule has 1 atom stereocenters. The van der Waals surface area contributed by atoms with Gasteiger partial charge in [-0.2, -0.15) is 0 Å². The van der Waals surface area contributed by atoms with E-state index < -0.39 is 11.9 Å². The number of nitrogens with zero attached hydrogens (tertiary/aromatic N) is 1. The van der Waals surface area contributed by atoms with E-state index in [2.05, 4.69) is 4.98 Å². The molecule has 0 spiro atoms. The van der Waals surface area contributed by atoms with Crippen molar-refractivity contribution < 1.29 is 14.6 Å². The van der Waals surface area contributed by atoms with Crippen molar-refractivity contribution in [2.45, 2.75) is 12.5 Å². The summed E-state index contributed by atoms with van der Waals surface area (Å²) in [5.41, 5.74) is 2.34. The molecule has 12 heavy (non-hydrogen) atoms. The van der Waals surface area contributed by atoms with E-state index in [1.807, 2.05) is 0 Å². The number of ether oxygens (including phenoxy) is 1. The fourth-order valence-corrected chi connectivity index (χ4v) is 1.97. The van der Waals surface area contributed by atoms with E-state index in [1.165, 1.54) is 11.3 Å². The maximum atomic E-state index is 10.7. The van der Waals surface area contributed by atoms with E-state index in [1.54, 1.807) is 5.51 Å². The number of aliphatic carboxylic acids is 1. The highest BCUT2D eigenvalue weighted by atomic mass is 32.1. The van der Waals surface area contributed by atoms with Crippen molar-refractivity contribution in [2.75, 3.05) is 6.61 Å². The fraction of sp³-hybridized carbons (Fsp3) is 0.429. The average Bonchev–Trinajstić information content (AvgIpc) is 2.49. The van der Waals surface area contributed by atoms with Gasteiger partial charge in [0, 0.05) is 0 Å². The van der Waals surface area contributed by atoms with Gasteiger partial charge in [0.25, 0.3) is 0 Å². The van der Waals surface area contributed by atoms with E-state index >= 15 is 0 Å². The van der Waals surface area contributed by atoms with Gasteiger partial charge in [0.2, 0.25) is 0 Å². The molecule has 0 saturated carbocycles. The van der Waals surface area contributed by atoms with Gasteiger partial charge in [-0.15, -0.1) is 11.3 Å². The molecule has 64 valence electrons. The summed E-state index contributed by atoms with van der Waals surface area (Å²) in [5.74, 6) is -1.43. The van der Waals surface area contributed by atoms with Crippen molar-refractivity contribution in [1.29, 1.82) is 0 Å². The lowest BCUT2D eigenvalue weighted by Gasteiger charge is -2.17. The van der Waals surface area contributed by atoms with Gasteiger partial charge in [-0.1, -0.05) is 0 Å². The van der Waals surface area contributed by atoms with Gasteiger partial charge in [-0.25, -0.2) is 4.98 Å². The van der Waals surface area contributed by atoms with E-state index in [-0.39, 0.29) is 6.61 Å². The molecule has 2 heterocycles. The maximum Gasteiger partial charge on any atom is 0.315 e. The van der Waals surface area contributed by atoms with Crippen molar-refractivity contribution in [3.8, 4) is 0 Å². The van der Waals surface area contributed by atoms with E-state index in [0.717, 1.165) is 4.88 Å². The van der Waals surface area contributed by atoms with Crippen molar-refractivity contribution in [3.63, 3.8) is 0 Å². The van der Waals surface area contributed by atoms with Gasteiger partial charge in [0.05, 0.1) is 29.3 Å². The molecule has 1 aliphatic heterocycles. The largest absolute Gasteiger partial charge is 0.481 e. The molecular weight excluding hydrogens is 178 g/mol. The second kappa shape index (κ2) is 2.84. The summed E-state index contributed by atoms with van der Waals surface area (Å²) in [6.07, 6.45) is 0. The minimum Gasteiger partial charge on any atom is -0.481 e.